The molecule has 3 amide bonds. The van der Waals surface area contributed by atoms with Gasteiger partial charge in [0.25, 0.3) is 5.91 Å². The fourth-order valence-electron chi connectivity index (χ4n) is 2.11. The van der Waals surface area contributed by atoms with Gasteiger partial charge in [0.2, 0.25) is 0 Å². The smallest absolute Gasteiger partial charge is 0.416 e. The van der Waals surface area contributed by atoms with Gasteiger partial charge in [0.05, 0.1) is 5.56 Å². The molecule has 1 aromatic rings. The van der Waals surface area contributed by atoms with Crippen molar-refractivity contribution in [1.29, 1.82) is 0 Å². The molecule has 1 N–H and O–H groups in total. The zero-order valence-corrected chi connectivity index (χ0v) is 13.2. The predicted octanol–water partition coefficient (Wildman–Crippen LogP) is 2.20. The minimum atomic E-state index is -4.43. The van der Waals surface area contributed by atoms with E-state index in [1.54, 1.807) is 0 Å². The Morgan fingerprint density at radius 2 is 1.92 bits per heavy atom. The van der Waals surface area contributed by atoms with Gasteiger partial charge in [0, 0.05) is 19.2 Å². The van der Waals surface area contributed by atoms with Gasteiger partial charge >= 0.3 is 18.2 Å². The average molecular weight is 356 g/mol. The van der Waals surface area contributed by atoms with Gasteiger partial charge in [0.15, 0.2) is 6.10 Å². The molecule has 0 spiro atoms. The second-order valence-electron chi connectivity index (χ2n) is 5.25. The molecule has 1 atom stereocenters. The number of hydrogen-bond acceptors (Lipinski definition) is 4. The number of imide groups is 1. The Morgan fingerprint density at radius 3 is 2.44 bits per heavy atom. The van der Waals surface area contributed by atoms with E-state index >= 15 is 0 Å². The van der Waals surface area contributed by atoms with E-state index < -0.39 is 35.8 Å². The Bertz CT molecular complexity index is 698. The number of carbonyl (C=O) groups excluding carboxylic acids is 3. The summed E-state index contributed by atoms with van der Waals surface area (Å²) < 4.78 is 42.3. The summed E-state index contributed by atoms with van der Waals surface area (Å²) in [6.45, 7) is 1.86. The molecule has 1 aliphatic rings. The van der Waals surface area contributed by atoms with Crippen molar-refractivity contribution in [3.63, 3.8) is 0 Å². The van der Waals surface area contributed by atoms with Gasteiger partial charge in [-0.1, -0.05) is 12.1 Å². The summed E-state index contributed by atoms with van der Waals surface area (Å²) in [7, 11) is 0. The second kappa shape index (κ2) is 7.37. The first kappa shape index (κ1) is 18.5. The summed E-state index contributed by atoms with van der Waals surface area (Å²) in [6.07, 6.45) is -3.33. The van der Waals surface area contributed by atoms with Crippen molar-refractivity contribution in [3.05, 3.63) is 41.5 Å². The van der Waals surface area contributed by atoms with Crippen LogP contribution in [0.25, 0.3) is 6.08 Å². The van der Waals surface area contributed by atoms with E-state index in [4.69, 9.17) is 4.74 Å². The molecule has 0 unspecified atom stereocenters. The largest absolute Gasteiger partial charge is 0.449 e. The summed E-state index contributed by atoms with van der Waals surface area (Å²) in [5.41, 5.74) is -0.432. The number of halogens is 3. The Hall–Kier alpha value is -2.84. The topological polar surface area (TPSA) is 75.7 Å². The molecule has 0 saturated carbocycles. The number of carbonyl (C=O) groups is 3. The summed E-state index contributed by atoms with van der Waals surface area (Å²) in [4.78, 5) is 36.0. The Kier molecular flexibility index (Phi) is 5.45. The Balaban J connectivity index is 1.91. The van der Waals surface area contributed by atoms with E-state index in [2.05, 4.69) is 5.32 Å². The van der Waals surface area contributed by atoms with Gasteiger partial charge in [-0.3, -0.25) is 9.69 Å². The van der Waals surface area contributed by atoms with Crippen molar-refractivity contribution < 1.29 is 32.3 Å². The first-order valence-corrected chi connectivity index (χ1v) is 7.33. The zero-order valence-electron chi connectivity index (χ0n) is 13.2. The molecule has 9 heteroatoms. The van der Waals surface area contributed by atoms with Crippen LogP contribution in [0, 0.1) is 0 Å². The number of ether oxygens (including phenoxy) is 1. The molecule has 0 aliphatic carbocycles. The van der Waals surface area contributed by atoms with Gasteiger partial charge in [0.1, 0.15) is 0 Å². The summed E-state index contributed by atoms with van der Waals surface area (Å²) in [5, 5.41) is 2.45. The van der Waals surface area contributed by atoms with Gasteiger partial charge in [-0.25, -0.2) is 9.59 Å². The molecule has 134 valence electrons. The lowest BCUT2D eigenvalue weighted by molar-refractivity contribution is -0.153. The van der Waals surface area contributed by atoms with Crippen LogP contribution in [0.5, 0.6) is 0 Å². The summed E-state index contributed by atoms with van der Waals surface area (Å²) >= 11 is 0. The molecule has 1 fully saturated rings. The number of urea groups is 1. The second-order valence-corrected chi connectivity index (χ2v) is 5.25. The molecule has 1 saturated heterocycles. The van der Waals surface area contributed by atoms with E-state index in [1.807, 2.05) is 0 Å². The van der Waals surface area contributed by atoms with Crippen LogP contribution in [0.1, 0.15) is 18.1 Å². The Labute approximate surface area is 141 Å². The van der Waals surface area contributed by atoms with Crippen molar-refractivity contribution in [2.45, 2.75) is 19.2 Å². The maximum Gasteiger partial charge on any atom is 0.416 e. The van der Waals surface area contributed by atoms with Crippen molar-refractivity contribution in [2.75, 3.05) is 13.1 Å². The summed E-state index contributed by atoms with van der Waals surface area (Å²) in [6, 6.07) is 3.64. The number of nitrogens with zero attached hydrogens (tertiary/aromatic N) is 1. The predicted molar refractivity (Wildman–Crippen MR) is 81.1 cm³/mol. The van der Waals surface area contributed by atoms with E-state index in [-0.39, 0.29) is 6.54 Å². The molecular formula is C16H15F3N2O4. The van der Waals surface area contributed by atoms with E-state index in [9.17, 15) is 27.6 Å². The Morgan fingerprint density at radius 1 is 1.28 bits per heavy atom. The minimum absolute atomic E-state index is 0.195. The number of benzene rings is 1. The third kappa shape index (κ3) is 4.82. The molecule has 2 rings (SSSR count). The number of rotatable bonds is 4. The van der Waals surface area contributed by atoms with Crippen LogP contribution in [-0.2, 0) is 20.5 Å². The normalized spacial score (nSPS) is 16.0. The van der Waals surface area contributed by atoms with Crippen LogP contribution in [0.15, 0.2) is 30.3 Å². The minimum Gasteiger partial charge on any atom is -0.449 e. The monoisotopic (exact) mass is 356 g/mol. The maximum atomic E-state index is 12.5. The zero-order chi connectivity index (χ0) is 18.6. The first-order valence-electron chi connectivity index (χ1n) is 7.33. The molecule has 0 bridgehead atoms. The molecule has 25 heavy (non-hydrogen) atoms. The van der Waals surface area contributed by atoms with E-state index in [0.29, 0.717) is 12.1 Å². The highest BCUT2D eigenvalue weighted by Gasteiger charge is 2.31. The first-order chi connectivity index (χ1) is 11.7. The molecule has 0 aromatic heterocycles. The molecule has 1 aromatic carbocycles. The summed E-state index contributed by atoms with van der Waals surface area (Å²) in [5.74, 6) is -1.49. The van der Waals surface area contributed by atoms with Crippen LogP contribution in [0.2, 0.25) is 0 Å². The number of amides is 3. The standard InChI is InChI=1S/C16H15F3N2O4/c1-10(14(23)21-9-8-20-15(21)24)25-13(22)7-4-11-2-5-12(6-3-11)16(17,18)19/h2-7,10H,8-9H2,1H3,(H,20,24)/b7-4+/t10-/m0/s1. The number of hydrogen-bond donors (Lipinski definition) is 1. The third-order valence-electron chi connectivity index (χ3n) is 3.41. The van der Waals surface area contributed by atoms with Crippen molar-refractivity contribution >= 4 is 24.0 Å². The average Bonchev–Trinajstić information content (AvgIpc) is 2.97. The maximum absolute atomic E-state index is 12.5. The quantitative estimate of drug-likeness (QED) is 0.663. The van der Waals surface area contributed by atoms with Gasteiger partial charge in [-0.2, -0.15) is 13.2 Å². The highest BCUT2D eigenvalue weighted by Crippen LogP contribution is 2.29. The third-order valence-corrected chi connectivity index (χ3v) is 3.41. The number of nitrogens with one attached hydrogen (secondary N) is 1. The lowest BCUT2D eigenvalue weighted by atomic mass is 10.1. The van der Waals surface area contributed by atoms with Crippen LogP contribution < -0.4 is 5.32 Å². The van der Waals surface area contributed by atoms with Crippen molar-refractivity contribution in [1.82, 2.24) is 10.2 Å². The fourth-order valence-corrected chi connectivity index (χ4v) is 2.11. The fraction of sp³-hybridized carbons (Fsp3) is 0.312. The lowest BCUT2D eigenvalue weighted by Crippen LogP contribution is -2.41. The van der Waals surface area contributed by atoms with Crippen molar-refractivity contribution in [3.8, 4) is 0 Å². The van der Waals surface area contributed by atoms with E-state index in [0.717, 1.165) is 23.1 Å². The van der Waals surface area contributed by atoms with E-state index in [1.165, 1.54) is 25.1 Å². The van der Waals surface area contributed by atoms with Gasteiger partial charge in [-0.05, 0) is 30.7 Å². The van der Waals surface area contributed by atoms with Crippen molar-refractivity contribution in [2.24, 2.45) is 0 Å². The van der Waals surface area contributed by atoms with Crippen LogP contribution in [-0.4, -0.2) is 42.0 Å². The van der Waals surface area contributed by atoms with Crippen LogP contribution in [0.3, 0.4) is 0 Å². The number of alkyl halides is 3. The van der Waals surface area contributed by atoms with Crippen LogP contribution in [0.4, 0.5) is 18.0 Å². The molecular weight excluding hydrogens is 341 g/mol. The molecule has 1 heterocycles. The molecule has 6 nitrogen and oxygen atoms in total. The molecule has 1 aliphatic heterocycles. The SMILES string of the molecule is C[C@H](OC(=O)/C=C/c1ccc(C(F)(F)F)cc1)C(=O)N1CCNC1=O. The van der Waals surface area contributed by atoms with Gasteiger partial charge in [-0.15, -0.1) is 0 Å². The highest BCUT2D eigenvalue weighted by molar-refractivity contribution is 5.99. The highest BCUT2D eigenvalue weighted by atomic mass is 19.4. The number of esters is 1. The molecule has 0 radical (unpaired) electrons. The lowest BCUT2D eigenvalue weighted by Gasteiger charge is -2.17. The van der Waals surface area contributed by atoms with Gasteiger partial charge < -0.3 is 10.1 Å². The van der Waals surface area contributed by atoms with Crippen LogP contribution >= 0.6 is 0 Å².